The Bertz CT molecular complexity index is 1140. The van der Waals surface area contributed by atoms with E-state index in [4.69, 9.17) is 11.6 Å². The van der Waals surface area contributed by atoms with Gasteiger partial charge in [0.1, 0.15) is 5.82 Å². The summed E-state index contributed by atoms with van der Waals surface area (Å²) in [5.41, 5.74) is 3.65. The van der Waals surface area contributed by atoms with Gasteiger partial charge in [-0.2, -0.15) is 0 Å². The highest BCUT2D eigenvalue weighted by Crippen LogP contribution is 2.18. The van der Waals surface area contributed by atoms with Gasteiger partial charge in [-0.05, 0) is 59.7 Å². The molecule has 0 aliphatic heterocycles. The predicted molar refractivity (Wildman–Crippen MR) is 121 cm³/mol. The molecule has 156 valence electrons. The second-order valence-electron chi connectivity index (χ2n) is 7.41. The summed E-state index contributed by atoms with van der Waals surface area (Å²) in [6.45, 7) is 1.55. The summed E-state index contributed by atoms with van der Waals surface area (Å²) >= 11 is 6.00. The monoisotopic (exact) mass is 432 g/mol. The lowest BCUT2D eigenvalue weighted by atomic mass is 10.1. The zero-order valence-electron chi connectivity index (χ0n) is 16.9. The summed E-state index contributed by atoms with van der Waals surface area (Å²) in [5.74, 6) is -0.311. The molecule has 4 aromatic rings. The van der Waals surface area contributed by atoms with E-state index in [1.165, 1.54) is 12.1 Å². The van der Waals surface area contributed by atoms with Crippen molar-refractivity contribution in [1.82, 2.24) is 9.47 Å². The molecule has 0 aliphatic rings. The fourth-order valence-corrected chi connectivity index (χ4v) is 3.63. The molecule has 0 bridgehead atoms. The van der Waals surface area contributed by atoms with Crippen LogP contribution in [0.1, 0.15) is 27.2 Å². The van der Waals surface area contributed by atoms with E-state index in [0.717, 1.165) is 16.8 Å². The average Bonchev–Trinajstić information content (AvgIpc) is 3.22. The van der Waals surface area contributed by atoms with Gasteiger partial charge in [-0.25, -0.2) is 4.39 Å². The largest absolute Gasteiger partial charge is 0.345 e. The van der Waals surface area contributed by atoms with Crippen LogP contribution in [0.3, 0.4) is 0 Å². The molecule has 31 heavy (non-hydrogen) atoms. The van der Waals surface area contributed by atoms with Crippen molar-refractivity contribution in [2.24, 2.45) is 0 Å². The minimum Gasteiger partial charge on any atom is -0.345 e. The van der Waals surface area contributed by atoms with Gasteiger partial charge in [0.15, 0.2) is 0 Å². The molecule has 0 unspecified atom stereocenters. The molecule has 1 aromatic heterocycles. The number of rotatable bonds is 7. The van der Waals surface area contributed by atoms with E-state index in [1.807, 2.05) is 53.6 Å². The first-order valence-corrected chi connectivity index (χ1v) is 10.4. The number of hydrogen-bond donors (Lipinski definition) is 0. The number of carbonyl (C=O) groups excluding carboxylic acids is 1. The molecule has 0 aliphatic carbocycles. The third-order valence-corrected chi connectivity index (χ3v) is 5.39. The fraction of sp³-hybridized carbons (Fsp3) is 0.115. The molecule has 0 saturated carbocycles. The summed E-state index contributed by atoms with van der Waals surface area (Å²) in [6, 6.07) is 27.3. The van der Waals surface area contributed by atoms with Crippen LogP contribution in [0.25, 0.3) is 0 Å². The van der Waals surface area contributed by atoms with E-state index in [1.54, 1.807) is 36.4 Å². The number of hydrogen-bond acceptors (Lipinski definition) is 1. The third kappa shape index (κ3) is 5.41. The van der Waals surface area contributed by atoms with Gasteiger partial charge in [-0.15, -0.1) is 0 Å². The molecular formula is C26H22ClFN2O. The van der Waals surface area contributed by atoms with Crippen molar-refractivity contribution < 1.29 is 9.18 Å². The van der Waals surface area contributed by atoms with Crippen molar-refractivity contribution in [3.8, 4) is 0 Å². The predicted octanol–water partition coefficient (Wildman–Crippen LogP) is 6.17. The highest BCUT2D eigenvalue weighted by molar-refractivity contribution is 6.30. The maximum Gasteiger partial charge on any atom is 0.254 e. The first kappa shape index (κ1) is 20.9. The zero-order chi connectivity index (χ0) is 21.6. The topological polar surface area (TPSA) is 25.2 Å². The van der Waals surface area contributed by atoms with E-state index >= 15 is 0 Å². The molecule has 1 heterocycles. The standard InChI is InChI=1S/C26H22ClFN2O/c27-23-12-10-22(11-13-23)26(31)30(18-20-5-2-1-3-6-20)19-25-7-4-16-29(25)17-21-8-14-24(28)15-9-21/h1-16H,17-19H2. The summed E-state index contributed by atoms with van der Waals surface area (Å²) < 4.78 is 15.3. The SMILES string of the molecule is O=C(c1ccc(Cl)cc1)N(Cc1ccccc1)Cc1cccn1Cc1ccc(F)cc1. The quantitative estimate of drug-likeness (QED) is 0.342. The number of benzene rings is 3. The van der Waals surface area contributed by atoms with E-state index in [-0.39, 0.29) is 11.7 Å². The van der Waals surface area contributed by atoms with Crippen molar-refractivity contribution in [3.05, 3.63) is 130 Å². The van der Waals surface area contributed by atoms with Crippen LogP contribution in [-0.4, -0.2) is 15.4 Å². The molecular weight excluding hydrogens is 411 g/mol. The highest BCUT2D eigenvalue weighted by Gasteiger charge is 2.18. The third-order valence-electron chi connectivity index (χ3n) is 5.14. The second kappa shape index (κ2) is 9.63. The molecule has 0 N–H and O–H groups in total. The Balaban J connectivity index is 1.59. The maximum absolute atomic E-state index is 13.3. The van der Waals surface area contributed by atoms with Crippen molar-refractivity contribution in [1.29, 1.82) is 0 Å². The van der Waals surface area contributed by atoms with Gasteiger partial charge in [0.25, 0.3) is 5.91 Å². The molecule has 4 rings (SSSR count). The van der Waals surface area contributed by atoms with Crippen LogP contribution in [0.5, 0.6) is 0 Å². The molecule has 0 atom stereocenters. The van der Waals surface area contributed by atoms with Gasteiger partial charge < -0.3 is 9.47 Å². The van der Waals surface area contributed by atoms with Crippen molar-refractivity contribution in [2.75, 3.05) is 0 Å². The van der Waals surface area contributed by atoms with Gasteiger partial charge in [0, 0.05) is 35.6 Å². The Hall–Kier alpha value is -3.37. The lowest BCUT2D eigenvalue weighted by Crippen LogP contribution is -2.31. The molecule has 3 aromatic carbocycles. The van der Waals surface area contributed by atoms with Crippen molar-refractivity contribution >= 4 is 17.5 Å². The number of carbonyl (C=O) groups is 1. The van der Waals surface area contributed by atoms with Crippen LogP contribution in [0.15, 0.2) is 97.2 Å². The highest BCUT2D eigenvalue weighted by atomic mass is 35.5. The average molecular weight is 433 g/mol. The van der Waals surface area contributed by atoms with Gasteiger partial charge in [0.2, 0.25) is 0 Å². The van der Waals surface area contributed by atoms with Crippen LogP contribution in [0.4, 0.5) is 4.39 Å². The van der Waals surface area contributed by atoms with E-state index in [0.29, 0.717) is 30.2 Å². The first-order valence-electron chi connectivity index (χ1n) is 10.1. The lowest BCUT2D eigenvalue weighted by molar-refractivity contribution is 0.0726. The smallest absolute Gasteiger partial charge is 0.254 e. The number of halogens is 2. The Morgan fingerprint density at radius 3 is 2.23 bits per heavy atom. The fourth-order valence-electron chi connectivity index (χ4n) is 3.51. The molecule has 0 spiro atoms. The zero-order valence-corrected chi connectivity index (χ0v) is 17.7. The van der Waals surface area contributed by atoms with E-state index in [2.05, 4.69) is 4.57 Å². The minimum absolute atomic E-state index is 0.0601. The second-order valence-corrected chi connectivity index (χ2v) is 7.84. The van der Waals surface area contributed by atoms with Gasteiger partial charge >= 0.3 is 0 Å². The maximum atomic E-state index is 13.3. The lowest BCUT2D eigenvalue weighted by Gasteiger charge is -2.24. The van der Waals surface area contributed by atoms with Crippen LogP contribution in [0.2, 0.25) is 5.02 Å². The molecule has 3 nitrogen and oxygen atoms in total. The minimum atomic E-state index is -0.251. The molecule has 0 fully saturated rings. The van der Waals surface area contributed by atoms with Crippen molar-refractivity contribution in [2.45, 2.75) is 19.6 Å². The molecule has 5 heteroatoms. The Kier molecular flexibility index (Phi) is 6.48. The van der Waals surface area contributed by atoms with Crippen LogP contribution in [0, 0.1) is 5.82 Å². The Labute approximate surface area is 186 Å². The van der Waals surface area contributed by atoms with Gasteiger partial charge in [-0.3, -0.25) is 4.79 Å². The summed E-state index contributed by atoms with van der Waals surface area (Å²) in [5, 5.41) is 0.597. The summed E-state index contributed by atoms with van der Waals surface area (Å²) in [4.78, 5) is 15.2. The normalized spacial score (nSPS) is 10.8. The first-order chi connectivity index (χ1) is 15.1. The number of amides is 1. The number of nitrogens with zero attached hydrogens (tertiary/aromatic N) is 2. The Morgan fingerprint density at radius 1 is 0.806 bits per heavy atom. The van der Waals surface area contributed by atoms with Crippen LogP contribution in [-0.2, 0) is 19.6 Å². The van der Waals surface area contributed by atoms with Gasteiger partial charge in [-0.1, -0.05) is 54.1 Å². The summed E-state index contributed by atoms with van der Waals surface area (Å²) in [6.07, 6.45) is 1.98. The number of aromatic nitrogens is 1. The van der Waals surface area contributed by atoms with Crippen LogP contribution >= 0.6 is 11.6 Å². The van der Waals surface area contributed by atoms with Crippen molar-refractivity contribution in [3.63, 3.8) is 0 Å². The molecule has 0 saturated heterocycles. The van der Waals surface area contributed by atoms with Crippen LogP contribution < -0.4 is 0 Å². The Morgan fingerprint density at radius 2 is 1.52 bits per heavy atom. The molecule has 1 amide bonds. The van der Waals surface area contributed by atoms with E-state index < -0.39 is 0 Å². The van der Waals surface area contributed by atoms with Gasteiger partial charge in [0.05, 0.1) is 6.54 Å². The van der Waals surface area contributed by atoms with E-state index in [9.17, 15) is 9.18 Å². The summed E-state index contributed by atoms with van der Waals surface area (Å²) in [7, 11) is 0. The molecule has 0 radical (unpaired) electrons.